The molecule has 1 aromatic rings. The zero-order chi connectivity index (χ0) is 21.4. The second kappa shape index (κ2) is 10.6. The fourth-order valence-corrected chi connectivity index (χ4v) is 3.17. The lowest BCUT2D eigenvalue weighted by Crippen LogP contribution is -2.42. The minimum Gasteiger partial charge on any atom is -0.455 e. The molecule has 29 heavy (non-hydrogen) atoms. The van der Waals surface area contributed by atoms with Gasteiger partial charge in [0.1, 0.15) is 0 Å². The number of esters is 1. The second-order valence-corrected chi connectivity index (χ2v) is 7.19. The van der Waals surface area contributed by atoms with Crippen LogP contribution in [0.3, 0.4) is 0 Å². The molecule has 0 unspecified atom stereocenters. The molecular weight excluding hydrogens is 374 g/mol. The molecule has 4 amide bonds. The van der Waals surface area contributed by atoms with E-state index >= 15 is 0 Å². The average molecular weight is 403 g/mol. The number of carbonyl (C=O) groups is 4. The number of nitrogens with one attached hydrogen (secondary N) is 2. The lowest BCUT2D eigenvalue weighted by atomic mass is 9.96. The molecule has 8 nitrogen and oxygen atoms in total. The maximum Gasteiger partial charge on any atom is 0.321 e. The summed E-state index contributed by atoms with van der Waals surface area (Å²) in [4.78, 5) is 49.6. The summed E-state index contributed by atoms with van der Waals surface area (Å²) in [6, 6.07) is 7.06. The van der Waals surface area contributed by atoms with Gasteiger partial charge in [-0.2, -0.15) is 0 Å². The number of imide groups is 1. The topological polar surface area (TPSA) is 105 Å². The van der Waals surface area contributed by atoms with Crippen molar-refractivity contribution in [3.05, 3.63) is 29.8 Å². The lowest BCUT2D eigenvalue weighted by Gasteiger charge is -2.23. The first-order chi connectivity index (χ1) is 13.9. The minimum atomic E-state index is -0.713. The molecule has 1 fully saturated rings. The zero-order valence-corrected chi connectivity index (χ0v) is 17.2. The van der Waals surface area contributed by atoms with Crippen LogP contribution in [0, 0.1) is 5.92 Å². The summed E-state index contributed by atoms with van der Waals surface area (Å²) < 4.78 is 5.01. The summed E-state index contributed by atoms with van der Waals surface area (Å²) in [5.41, 5.74) is 1.88. The van der Waals surface area contributed by atoms with Crippen LogP contribution in [0.15, 0.2) is 24.3 Å². The number of hydrogen-bond acceptors (Lipinski definition) is 5. The van der Waals surface area contributed by atoms with Gasteiger partial charge in [0.05, 0.1) is 5.92 Å². The Labute approximate surface area is 171 Å². The monoisotopic (exact) mass is 403 g/mol. The van der Waals surface area contributed by atoms with E-state index in [0.29, 0.717) is 6.54 Å². The number of urea groups is 1. The van der Waals surface area contributed by atoms with Crippen LogP contribution in [0.5, 0.6) is 0 Å². The molecule has 158 valence electrons. The number of nitrogens with zero attached hydrogens (tertiary/aromatic N) is 1. The van der Waals surface area contributed by atoms with Crippen LogP contribution in [-0.4, -0.2) is 43.5 Å². The molecule has 1 saturated heterocycles. The Morgan fingerprint density at radius 2 is 1.97 bits per heavy atom. The number of anilines is 1. The van der Waals surface area contributed by atoms with Crippen LogP contribution < -0.4 is 15.5 Å². The predicted octanol–water partition coefficient (Wildman–Crippen LogP) is 2.33. The Balaban J connectivity index is 1.93. The van der Waals surface area contributed by atoms with Gasteiger partial charge in [0.15, 0.2) is 6.61 Å². The Kier molecular flexibility index (Phi) is 8.18. The van der Waals surface area contributed by atoms with Crippen LogP contribution in [0.1, 0.15) is 51.5 Å². The van der Waals surface area contributed by atoms with Crippen molar-refractivity contribution >= 4 is 29.5 Å². The summed E-state index contributed by atoms with van der Waals surface area (Å²) in [5, 5.41) is 4.58. The Morgan fingerprint density at radius 3 is 2.66 bits per heavy atom. The van der Waals surface area contributed by atoms with Crippen LogP contribution in [0.2, 0.25) is 0 Å². The highest BCUT2D eigenvalue weighted by molar-refractivity contribution is 6.00. The Morgan fingerprint density at radius 1 is 1.24 bits per heavy atom. The van der Waals surface area contributed by atoms with Crippen molar-refractivity contribution < 1.29 is 23.9 Å². The number of carbonyl (C=O) groups excluding carboxylic acids is 4. The molecule has 0 aliphatic carbocycles. The quantitative estimate of drug-likeness (QED) is 0.648. The number of rotatable bonds is 8. The predicted molar refractivity (Wildman–Crippen MR) is 108 cm³/mol. The number of ether oxygens (including phenoxy) is 1. The van der Waals surface area contributed by atoms with E-state index < -0.39 is 30.4 Å². The smallest absolute Gasteiger partial charge is 0.321 e. The number of amides is 4. The number of para-hydroxylation sites is 1. The van der Waals surface area contributed by atoms with E-state index in [4.69, 9.17) is 4.74 Å². The fraction of sp³-hybridized carbons (Fsp3) is 0.524. The van der Waals surface area contributed by atoms with Crippen molar-refractivity contribution in [1.29, 1.82) is 0 Å². The third kappa shape index (κ3) is 6.04. The van der Waals surface area contributed by atoms with Gasteiger partial charge in [-0.1, -0.05) is 39.0 Å². The van der Waals surface area contributed by atoms with Gasteiger partial charge >= 0.3 is 12.0 Å². The van der Waals surface area contributed by atoms with E-state index in [-0.39, 0.29) is 24.8 Å². The highest BCUT2D eigenvalue weighted by atomic mass is 16.5. The van der Waals surface area contributed by atoms with E-state index in [0.717, 1.165) is 24.1 Å². The van der Waals surface area contributed by atoms with Crippen molar-refractivity contribution in [2.75, 3.05) is 24.6 Å². The van der Waals surface area contributed by atoms with E-state index in [9.17, 15) is 19.2 Å². The third-order valence-electron chi connectivity index (χ3n) is 4.96. The molecule has 1 aliphatic rings. The highest BCUT2D eigenvalue weighted by Crippen LogP contribution is 2.33. The van der Waals surface area contributed by atoms with Crippen LogP contribution in [0.25, 0.3) is 0 Å². The van der Waals surface area contributed by atoms with Crippen molar-refractivity contribution in [1.82, 2.24) is 10.6 Å². The molecule has 0 spiro atoms. The first kappa shape index (κ1) is 22.4. The molecule has 1 heterocycles. The fourth-order valence-electron chi connectivity index (χ4n) is 3.17. The van der Waals surface area contributed by atoms with Crippen LogP contribution in [-0.2, 0) is 19.1 Å². The van der Waals surface area contributed by atoms with Crippen molar-refractivity contribution in [2.24, 2.45) is 5.92 Å². The lowest BCUT2D eigenvalue weighted by molar-refractivity contribution is -0.152. The number of hydrogen-bond donors (Lipinski definition) is 2. The van der Waals surface area contributed by atoms with E-state index in [2.05, 4.69) is 24.5 Å². The van der Waals surface area contributed by atoms with Gasteiger partial charge in [-0.3, -0.25) is 19.7 Å². The molecule has 2 rings (SSSR count). The maximum atomic E-state index is 12.5. The summed E-state index contributed by atoms with van der Waals surface area (Å²) in [7, 11) is 0. The van der Waals surface area contributed by atoms with Crippen molar-refractivity contribution in [2.45, 2.75) is 46.0 Å². The molecule has 0 radical (unpaired) electrons. The van der Waals surface area contributed by atoms with Gasteiger partial charge < -0.3 is 15.0 Å². The molecule has 8 heteroatoms. The highest BCUT2D eigenvalue weighted by Gasteiger charge is 2.37. The molecule has 0 aromatic heterocycles. The van der Waals surface area contributed by atoms with Gasteiger partial charge in [0.2, 0.25) is 5.91 Å². The van der Waals surface area contributed by atoms with Gasteiger partial charge in [-0.05, 0) is 30.4 Å². The summed E-state index contributed by atoms with van der Waals surface area (Å²) in [6.45, 7) is 6.16. The van der Waals surface area contributed by atoms with Crippen LogP contribution >= 0.6 is 0 Å². The molecule has 0 saturated carbocycles. The van der Waals surface area contributed by atoms with Crippen molar-refractivity contribution in [3.8, 4) is 0 Å². The largest absolute Gasteiger partial charge is 0.455 e. The molecule has 1 aliphatic heterocycles. The Hall–Kier alpha value is -2.90. The first-order valence-electron chi connectivity index (χ1n) is 10.0. The normalized spacial score (nSPS) is 17.0. The number of benzene rings is 1. The molecular formula is C21H29N3O5. The minimum absolute atomic E-state index is 0.0340. The average Bonchev–Trinajstić information content (AvgIpc) is 3.11. The van der Waals surface area contributed by atoms with E-state index in [1.54, 1.807) is 4.90 Å². The summed E-state index contributed by atoms with van der Waals surface area (Å²) in [6.07, 6.45) is 1.71. The van der Waals surface area contributed by atoms with Crippen molar-refractivity contribution in [3.63, 3.8) is 0 Å². The molecule has 2 N–H and O–H groups in total. The van der Waals surface area contributed by atoms with Gasteiger partial charge in [0, 0.05) is 25.2 Å². The maximum absolute atomic E-state index is 12.5. The van der Waals surface area contributed by atoms with Crippen LogP contribution in [0.4, 0.5) is 10.5 Å². The standard InChI is InChI=1S/C21H29N3O5/c1-4-10-22-21(28)23-18(25)13-29-20(27)15-11-19(26)24(12-15)17-9-7-6-8-16(17)14(3)5-2/h6-9,14-15H,4-5,10-13H2,1-3H3,(H2,22,23,25,28)/t14-,15-/m1/s1. The zero-order valence-electron chi connectivity index (χ0n) is 17.2. The SMILES string of the molecule is CCCNC(=O)NC(=O)COC(=O)[C@@H]1CC(=O)N(c2ccccc2[C@H](C)CC)C1. The van der Waals surface area contributed by atoms with Gasteiger partial charge in [-0.25, -0.2) is 4.79 Å². The molecule has 2 atom stereocenters. The summed E-state index contributed by atoms with van der Waals surface area (Å²) >= 11 is 0. The van der Waals surface area contributed by atoms with Gasteiger partial charge in [0.25, 0.3) is 5.91 Å². The summed E-state index contributed by atoms with van der Waals surface area (Å²) in [5.74, 6) is -1.84. The molecule has 0 bridgehead atoms. The Bertz CT molecular complexity index is 764. The van der Waals surface area contributed by atoms with E-state index in [1.807, 2.05) is 31.2 Å². The van der Waals surface area contributed by atoms with Gasteiger partial charge in [-0.15, -0.1) is 0 Å². The second-order valence-electron chi connectivity index (χ2n) is 7.19. The first-order valence-corrected chi connectivity index (χ1v) is 10.0. The third-order valence-corrected chi connectivity index (χ3v) is 4.96. The van der Waals surface area contributed by atoms with E-state index in [1.165, 1.54) is 0 Å². The molecule has 1 aromatic carbocycles.